The largest absolute Gasteiger partial charge is 0.490 e. The molecule has 0 atom stereocenters. The Kier molecular flexibility index (Phi) is 7.72. The molecule has 4 aromatic rings. The quantitative estimate of drug-likeness (QED) is 0.135. The number of furan rings is 1. The highest BCUT2D eigenvalue weighted by Crippen LogP contribution is 2.34. The fraction of sp³-hybridized carbons (Fsp3) is 0.103. The average molecular weight is 542 g/mol. The van der Waals surface area contributed by atoms with Gasteiger partial charge in [-0.2, -0.15) is 5.10 Å². The van der Waals surface area contributed by atoms with Crippen molar-refractivity contribution >= 4 is 29.7 Å². The van der Waals surface area contributed by atoms with Gasteiger partial charge in [-0.3, -0.25) is 9.59 Å². The molecule has 2 heterocycles. The number of hydrogen-bond donors (Lipinski definition) is 2. The molecule has 1 aliphatic rings. The Bertz CT molecular complexity index is 1580. The van der Waals surface area contributed by atoms with Gasteiger partial charge < -0.3 is 28.7 Å². The number of nitrogens with one attached hydrogen (secondary N) is 2. The monoisotopic (exact) mass is 541 g/mol. The first-order valence-corrected chi connectivity index (χ1v) is 12.2. The fourth-order valence-corrected chi connectivity index (χ4v) is 3.71. The first-order chi connectivity index (χ1) is 19.5. The Balaban J connectivity index is 1.22. The van der Waals surface area contributed by atoms with E-state index in [1.165, 1.54) is 24.6 Å². The molecule has 1 aromatic heterocycles. The lowest BCUT2D eigenvalue weighted by molar-refractivity contribution is 0.0727. The van der Waals surface area contributed by atoms with Gasteiger partial charge in [0.05, 0.1) is 24.6 Å². The van der Waals surface area contributed by atoms with Gasteiger partial charge in [0.25, 0.3) is 11.8 Å². The predicted octanol–water partition coefficient (Wildman–Crippen LogP) is 4.64. The maximum atomic E-state index is 12.7. The van der Waals surface area contributed by atoms with Crippen molar-refractivity contribution in [1.82, 2.24) is 5.43 Å². The Morgan fingerprint density at radius 1 is 0.900 bits per heavy atom. The molecule has 0 saturated heterocycles. The van der Waals surface area contributed by atoms with Crippen LogP contribution in [0.1, 0.15) is 43.8 Å². The van der Waals surface area contributed by atoms with E-state index < -0.39 is 17.8 Å². The molecule has 0 fully saturated rings. The summed E-state index contributed by atoms with van der Waals surface area (Å²) < 4.78 is 26.9. The normalized spacial score (nSPS) is 11.7. The fourth-order valence-electron chi connectivity index (χ4n) is 3.71. The number of ether oxygens (including phenoxy) is 4. The lowest BCUT2D eigenvalue weighted by atomic mass is 10.2. The maximum Gasteiger partial charge on any atom is 0.343 e. The molecule has 0 bridgehead atoms. The van der Waals surface area contributed by atoms with Crippen molar-refractivity contribution in [2.24, 2.45) is 5.10 Å². The Morgan fingerprint density at radius 3 is 2.60 bits per heavy atom. The number of esters is 1. The molecular weight excluding hydrogens is 518 g/mol. The lowest BCUT2D eigenvalue weighted by Crippen LogP contribution is -2.18. The third kappa shape index (κ3) is 6.10. The van der Waals surface area contributed by atoms with Crippen LogP contribution in [0.4, 0.5) is 5.69 Å². The summed E-state index contributed by atoms with van der Waals surface area (Å²) in [4.78, 5) is 37.5. The van der Waals surface area contributed by atoms with Gasteiger partial charge in [-0.05, 0) is 79.2 Å². The molecule has 2 amide bonds. The Hall–Kier alpha value is -5.58. The van der Waals surface area contributed by atoms with Crippen LogP contribution in [-0.2, 0) is 0 Å². The minimum atomic E-state index is -0.587. The van der Waals surface area contributed by atoms with Gasteiger partial charge >= 0.3 is 5.97 Å². The summed E-state index contributed by atoms with van der Waals surface area (Å²) in [5, 5.41) is 6.67. The van der Waals surface area contributed by atoms with Crippen LogP contribution < -0.4 is 29.7 Å². The van der Waals surface area contributed by atoms with Gasteiger partial charge in [-0.15, -0.1) is 0 Å². The molecule has 40 heavy (non-hydrogen) atoms. The zero-order valence-corrected chi connectivity index (χ0v) is 21.2. The van der Waals surface area contributed by atoms with E-state index in [1.807, 2.05) is 0 Å². The number of amides is 2. The molecule has 3 aromatic carbocycles. The molecule has 11 heteroatoms. The second-order valence-corrected chi connectivity index (χ2v) is 8.31. The van der Waals surface area contributed by atoms with Crippen LogP contribution in [0.5, 0.6) is 23.0 Å². The standard InChI is InChI=1S/C29H23N3O8/c1-2-36-25-13-18(8-10-23(25)40-29(35)20-9-11-22-26(15-20)39-17-38-22)16-30-32-27(33)19-5-3-6-21(14-19)31-28(34)24-7-4-12-37-24/h3-16H,2,17H2,1H3,(H,31,34)(H,32,33). The molecule has 0 saturated carbocycles. The second kappa shape index (κ2) is 11.9. The first-order valence-electron chi connectivity index (χ1n) is 12.2. The van der Waals surface area contributed by atoms with Gasteiger partial charge in [0.1, 0.15) is 0 Å². The number of anilines is 1. The van der Waals surface area contributed by atoms with Gasteiger partial charge in [-0.1, -0.05) is 6.07 Å². The van der Waals surface area contributed by atoms with E-state index in [4.69, 9.17) is 23.4 Å². The van der Waals surface area contributed by atoms with E-state index in [0.717, 1.165) is 0 Å². The summed E-state index contributed by atoms with van der Waals surface area (Å²) in [5.41, 5.74) is 4.04. The summed E-state index contributed by atoms with van der Waals surface area (Å²) >= 11 is 0. The highest BCUT2D eigenvalue weighted by atomic mass is 16.7. The SMILES string of the molecule is CCOc1cc(C=NNC(=O)c2cccc(NC(=O)c3ccco3)c2)ccc1OC(=O)c1ccc2c(c1)OCO2. The molecule has 0 aliphatic carbocycles. The first kappa shape index (κ1) is 26.0. The zero-order valence-electron chi connectivity index (χ0n) is 21.2. The number of carbonyl (C=O) groups excluding carboxylic acids is 3. The van der Waals surface area contributed by atoms with E-state index in [-0.39, 0.29) is 23.9 Å². The highest BCUT2D eigenvalue weighted by Gasteiger charge is 2.19. The van der Waals surface area contributed by atoms with Crippen LogP contribution in [0.25, 0.3) is 0 Å². The second-order valence-electron chi connectivity index (χ2n) is 8.31. The Labute approximate surface area is 228 Å². The number of fused-ring (bicyclic) bond motifs is 1. The molecule has 1 aliphatic heterocycles. The lowest BCUT2D eigenvalue weighted by Gasteiger charge is -2.11. The topological polar surface area (TPSA) is 138 Å². The van der Waals surface area contributed by atoms with Crippen molar-refractivity contribution < 1.29 is 37.7 Å². The summed E-state index contributed by atoms with van der Waals surface area (Å²) in [6, 6.07) is 19.2. The van der Waals surface area contributed by atoms with Crippen molar-refractivity contribution in [2.45, 2.75) is 6.92 Å². The minimum absolute atomic E-state index is 0.100. The third-order valence-electron chi connectivity index (χ3n) is 5.59. The molecule has 2 N–H and O–H groups in total. The summed E-state index contributed by atoms with van der Waals surface area (Å²) in [7, 11) is 0. The molecule has 0 radical (unpaired) electrons. The highest BCUT2D eigenvalue weighted by molar-refractivity contribution is 6.03. The van der Waals surface area contributed by atoms with E-state index in [0.29, 0.717) is 40.7 Å². The van der Waals surface area contributed by atoms with E-state index in [1.54, 1.807) is 67.6 Å². The zero-order chi connectivity index (χ0) is 27.9. The van der Waals surface area contributed by atoms with Crippen LogP contribution >= 0.6 is 0 Å². The van der Waals surface area contributed by atoms with E-state index >= 15 is 0 Å². The van der Waals surface area contributed by atoms with Gasteiger partial charge in [0.2, 0.25) is 6.79 Å². The predicted molar refractivity (Wildman–Crippen MR) is 143 cm³/mol. The third-order valence-corrected chi connectivity index (χ3v) is 5.59. The van der Waals surface area contributed by atoms with Crippen LogP contribution in [0, 0.1) is 0 Å². The van der Waals surface area contributed by atoms with Crippen LogP contribution in [-0.4, -0.2) is 37.4 Å². The summed E-state index contributed by atoms with van der Waals surface area (Å²) in [6.45, 7) is 2.23. The summed E-state index contributed by atoms with van der Waals surface area (Å²) in [6.07, 6.45) is 2.82. The van der Waals surface area contributed by atoms with Crippen LogP contribution in [0.3, 0.4) is 0 Å². The summed E-state index contributed by atoms with van der Waals surface area (Å²) in [5.74, 6) is 0.228. The number of hydrogen-bond acceptors (Lipinski definition) is 9. The molecular formula is C29H23N3O8. The average Bonchev–Trinajstić information content (AvgIpc) is 3.67. The van der Waals surface area contributed by atoms with Crippen molar-refractivity contribution in [3.8, 4) is 23.0 Å². The van der Waals surface area contributed by atoms with Crippen LogP contribution in [0.15, 0.2) is 88.6 Å². The van der Waals surface area contributed by atoms with Crippen molar-refractivity contribution in [3.63, 3.8) is 0 Å². The molecule has 5 rings (SSSR count). The number of nitrogens with zero attached hydrogens (tertiary/aromatic N) is 1. The number of carbonyl (C=O) groups is 3. The molecule has 11 nitrogen and oxygen atoms in total. The molecule has 0 unspecified atom stereocenters. The Morgan fingerprint density at radius 2 is 1.77 bits per heavy atom. The maximum absolute atomic E-state index is 12.7. The number of benzene rings is 3. The molecule has 202 valence electrons. The van der Waals surface area contributed by atoms with Crippen molar-refractivity contribution in [3.05, 3.63) is 102 Å². The molecule has 0 spiro atoms. The van der Waals surface area contributed by atoms with Gasteiger partial charge in [-0.25, -0.2) is 10.2 Å². The number of hydrazone groups is 1. The van der Waals surface area contributed by atoms with E-state index in [2.05, 4.69) is 15.8 Å². The van der Waals surface area contributed by atoms with Gasteiger partial charge in [0.15, 0.2) is 28.8 Å². The van der Waals surface area contributed by atoms with Crippen molar-refractivity contribution in [1.29, 1.82) is 0 Å². The van der Waals surface area contributed by atoms with Gasteiger partial charge in [0, 0.05) is 11.3 Å². The van der Waals surface area contributed by atoms with Crippen LogP contribution in [0.2, 0.25) is 0 Å². The number of rotatable bonds is 9. The smallest absolute Gasteiger partial charge is 0.343 e. The van der Waals surface area contributed by atoms with E-state index in [9.17, 15) is 14.4 Å². The minimum Gasteiger partial charge on any atom is -0.490 e. The van der Waals surface area contributed by atoms with Crippen molar-refractivity contribution in [2.75, 3.05) is 18.7 Å².